The number of carboxylic acid groups (broad SMARTS) is 1. The number of hydrogen-bond acceptors (Lipinski definition) is 4. The highest BCUT2D eigenvalue weighted by Crippen LogP contribution is 2.19. The van der Waals surface area contributed by atoms with Crippen LogP contribution in [0, 0.1) is 0 Å². The summed E-state index contributed by atoms with van der Waals surface area (Å²) in [6.07, 6.45) is 2.57. The second kappa shape index (κ2) is 4.61. The minimum Gasteiger partial charge on any atom is -0.497 e. The zero-order valence-corrected chi connectivity index (χ0v) is 8.62. The van der Waals surface area contributed by atoms with Crippen LogP contribution in [0.5, 0.6) is 5.75 Å². The van der Waals surface area contributed by atoms with Gasteiger partial charge in [0.2, 0.25) is 0 Å². The number of carboxylic acids is 1. The van der Waals surface area contributed by atoms with Crippen molar-refractivity contribution in [2.75, 3.05) is 7.04 Å². The Kier molecular flexibility index (Phi) is 2.11. The van der Waals surface area contributed by atoms with Gasteiger partial charge < -0.3 is 9.84 Å². The van der Waals surface area contributed by atoms with Gasteiger partial charge in [0.1, 0.15) is 5.75 Å². The van der Waals surface area contributed by atoms with Crippen molar-refractivity contribution in [1.82, 2.24) is 9.97 Å². The average molecular weight is 233 g/mol. The topological polar surface area (TPSA) is 72.3 Å². The molecule has 0 saturated carbocycles. The number of carbonyl (C=O) groups is 1. The minimum absolute atomic E-state index is 0.162. The smallest absolute Gasteiger partial charge is 0.356 e. The molecule has 0 fully saturated rings. The third-order valence-corrected chi connectivity index (χ3v) is 2.12. The summed E-state index contributed by atoms with van der Waals surface area (Å²) in [5.74, 6) is -0.974. The number of aromatic carboxylic acids is 1. The van der Waals surface area contributed by atoms with Crippen molar-refractivity contribution >= 4 is 5.97 Å². The lowest BCUT2D eigenvalue weighted by molar-refractivity contribution is 0.0690. The normalized spacial score (nSPS) is 13.3. The summed E-state index contributed by atoms with van der Waals surface area (Å²) in [5, 5.41) is 8.84. The van der Waals surface area contributed by atoms with Crippen LogP contribution in [-0.2, 0) is 0 Å². The number of nitrogens with zero attached hydrogens (tertiary/aromatic N) is 2. The maximum atomic E-state index is 10.8. The lowest BCUT2D eigenvalue weighted by atomic mass is 10.1. The second-order valence-electron chi connectivity index (χ2n) is 3.22. The molecule has 5 heteroatoms. The number of ether oxygens (including phenoxy) is 1. The molecule has 1 aromatic carbocycles. The van der Waals surface area contributed by atoms with Crippen LogP contribution >= 0.6 is 0 Å². The van der Waals surface area contributed by atoms with Gasteiger partial charge in [-0.3, -0.25) is 4.98 Å². The van der Waals surface area contributed by atoms with Gasteiger partial charge in [-0.15, -0.1) is 0 Å². The molecule has 86 valence electrons. The second-order valence-corrected chi connectivity index (χ2v) is 3.22. The first-order valence-corrected chi connectivity index (χ1v) is 4.70. The van der Waals surface area contributed by atoms with E-state index in [1.807, 2.05) is 0 Å². The molecule has 5 nitrogen and oxygen atoms in total. The van der Waals surface area contributed by atoms with Crippen LogP contribution in [-0.4, -0.2) is 28.1 Å². The number of methoxy groups -OCH3 is 1. The van der Waals surface area contributed by atoms with Gasteiger partial charge in [-0.05, 0) is 24.3 Å². The summed E-state index contributed by atoms with van der Waals surface area (Å²) in [4.78, 5) is 18.5. The summed E-state index contributed by atoms with van der Waals surface area (Å²) in [6, 6.07) is 6.10. The summed E-state index contributed by atoms with van der Waals surface area (Å²) < 4.78 is 25.7. The third-order valence-electron chi connectivity index (χ3n) is 2.12. The summed E-state index contributed by atoms with van der Waals surface area (Å²) in [5.41, 5.74) is 0.828. The fourth-order valence-electron chi connectivity index (χ4n) is 1.30. The summed E-state index contributed by atoms with van der Waals surface area (Å²) >= 11 is 0. The molecule has 0 aliphatic rings. The molecular formula is C12H10N2O3. The van der Waals surface area contributed by atoms with E-state index in [4.69, 9.17) is 14.0 Å². The van der Waals surface area contributed by atoms with E-state index in [2.05, 4.69) is 9.97 Å². The highest BCUT2D eigenvalue weighted by atomic mass is 16.5. The largest absolute Gasteiger partial charge is 0.497 e. The Morgan fingerprint density at radius 2 is 2.12 bits per heavy atom. The van der Waals surface area contributed by atoms with Gasteiger partial charge >= 0.3 is 5.97 Å². The molecule has 0 spiro atoms. The van der Waals surface area contributed by atoms with Crippen LogP contribution in [0.4, 0.5) is 0 Å². The van der Waals surface area contributed by atoms with Crippen molar-refractivity contribution in [3.8, 4) is 17.0 Å². The molecule has 0 saturated heterocycles. The molecule has 1 aromatic heterocycles. The van der Waals surface area contributed by atoms with Crippen molar-refractivity contribution in [3.05, 3.63) is 42.4 Å². The van der Waals surface area contributed by atoms with E-state index in [1.54, 1.807) is 12.1 Å². The van der Waals surface area contributed by atoms with Gasteiger partial charge in [0.15, 0.2) is 5.69 Å². The van der Waals surface area contributed by atoms with E-state index in [-0.39, 0.29) is 11.4 Å². The SMILES string of the molecule is [2H]C([2H])([2H])Oc1ccc(-c2cncc(C(=O)O)n2)cc1. The predicted octanol–water partition coefficient (Wildman–Crippen LogP) is 1.85. The van der Waals surface area contributed by atoms with Crippen LogP contribution in [0.15, 0.2) is 36.7 Å². The first kappa shape index (κ1) is 7.78. The van der Waals surface area contributed by atoms with Gasteiger partial charge in [0.25, 0.3) is 0 Å². The van der Waals surface area contributed by atoms with Crippen molar-refractivity contribution in [2.24, 2.45) is 0 Å². The van der Waals surface area contributed by atoms with Crippen LogP contribution in [0.3, 0.4) is 0 Å². The van der Waals surface area contributed by atoms with Crippen molar-refractivity contribution < 1.29 is 18.8 Å². The van der Waals surface area contributed by atoms with E-state index in [0.717, 1.165) is 6.20 Å². The molecule has 1 heterocycles. The molecule has 0 bridgehead atoms. The monoisotopic (exact) mass is 233 g/mol. The number of benzene rings is 1. The Bertz CT molecular complexity index is 627. The van der Waals surface area contributed by atoms with Gasteiger partial charge in [0, 0.05) is 5.56 Å². The fourth-order valence-corrected chi connectivity index (χ4v) is 1.30. The summed E-state index contributed by atoms with van der Waals surface area (Å²) in [7, 11) is -2.51. The molecule has 0 radical (unpaired) electrons. The Morgan fingerprint density at radius 1 is 1.35 bits per heavy atom. The van der Waals surface area contributed by atoms with Crippen LogP contribution in [0.25, 0.3) is 11.3 Å². The lowest BCUT2D eigenvalue weighted by Crippen LogP contribution is -2.01. The van der Waals surface area contributed by atoms with E-state index in [9.17, 15) is 4.79 Å². The summed E-state index contributed by atoms with van der Waals surface area (Å²) in [6.45, 7) is 0. The van der Waals surface area contributed by atoms with Crippen molar-refractivity contribution in [2.45, 2.75) is 0 Å². The molecule has 0 aliphatic heterocycles. The van der Waals surface area contributed by atoms with Gasteiger partial charge in [-0.2, -0.15) is 0 Å². The Morgan fingerprint density at radius 3 is 2.76 bits per heavy atom. The standard InChI is InChI=1S/C12H10N2O3/c1-17-9-4-2-8(3-5-9)10-6-13-7-11(14-10)12(15)16/h2-7H,1H3,(H,15,16)/i1D3. The molecule has 0 aliphatic carbocycles. The van der Waals surface area contributed by atoms with E-state index < -0.39 is 13.0 Å². The Labute approximate surface area is 102 Å². The van der Waals surface area contributed by atoms with Gasteiger partial charge in [0.05, 0.1) is 29.2 Å². The zero-order chi connectivity index (χ0) is 14.8. The molecule has 0 amide bonds. The molecule has 2 aromatic rings. The molecular weight excluding hydrogens is 220 g/mol. The Balaban J connectivity index is 2.26. The molecule has 17 heavy (non-hydrogen) atoms. The Hall–Kier alpha value is -2.43. The molecule has 1 N–H and O–H groups in total. The van der Waals surface area contributed by atoms with Gasteiger partial charge in [-0.25, -0.2) is 9.78 Å². The minimum atomic E-state index is -2.51. The van der Waals surface area contributed by atoms with E-state index in [0.29, 0.717) is 11.3 Å². The highest BCUT2D eigenvalue weighted by molar-refractivity contribution is 5.85. The third kappa shape index (κ3) is 2.39. The number of hydrogen-bond donors (Lipinski definition) is 1. The zero-order valence-electron chi connectivity index (χ0n) is 11.6. The first-order chi connectivity index (χ1) is 9.35. The number of rotatable bonds is 3. The predicted molar refractivity (Wildman–Crippen MR) is 61.0 cm³/mol. The maximum Gasteiger partial charge on any atom is 0.356 e. The average Bonchev–Trinajstić information content (AvgIpc) is 2.38. The van der Waals surface area contributed by atoms with Crippen LogP contribution < -0.4 is 4.74 Å². The fraction of sp³-hybridized carbons (Fsp3) is 0.0833. The van der Waals surface area contributed by atoms with Crippen LogP contribution in [0.1, 0.15) is 14.6 Å². The highest BCUT2D eigenvalue weighted by Gasteiger charge is 2.07. The first-order valence-electron chi connectivity index (χ1n) is 6.20. The van der Waals surface area contributed by atoms with E-state index in [1.165, 1.54) is 18.3 Å². The molecule has 2 rings (SSSR count). The van der Waals surface area contributed by atoms with Crippen LogP contribution in [0.2, 0.25) is 0 Å². The molecule has 0 unspecified atom stereocenters. The van der Waals surface area contributed by atoms with Crippen molar-refractivity contribution in [3.63, 3.8) is 0 Å². The maximum absolute atomic E-state index is 10.8. The lowest BCUT2D eigenvalue weighted by Gasteiger charge is -2.03. The van der Waals surface area contributed by atoms with E-state index >= 15 is 0 Å². The molecule has 0 atom stereocenters. The number of aromatic nitrogens is 2. The van der Waals surface area contributed by atoms with Gasteiger partial charge in [-0.1, -0.05) is 0 Å². The van der Waals surface area contributed by atoms with Crippen molar-refractivity contribution in [1.29, 1.82) is 0 Å². The quantitative estimate of drug-likeness (QED) is 0.875.